The summed E-state index contributed by atoms with van der Waals surface area (Å²) in [5, 5.41) is -1.93. The Morgan fingerprint density at radius 2 is 1.76 bits per heavy atom. The Balaban J connectivity index is 2.96. The number of rotatable bonds is 3. The molecule has 4 nitrogen and oxygen atoms in total. The Bertz CT molecular complexity index is 416. The van der Waals surface area contributed by atoms with Crippen molar-refractivity contribution in [3.63, 3.8) is 0 Å². The molecule has 0 bridgehead atoms. The van der Waals surface area contributed by atoms with Crippen molar-refractivity contribution in [2.45, 2.75) is 48.9 Å². The standard InChI is InChI=1S/C10H10F6O4S/c1-4(2)19-6(17)3-5-7(18)20-8(21-5,9(11,12)13)10(14,15)16/h4-5H,3H2,1-2H3. The van der Waals surface area contributed by atoms with Crippen molar-refractivity contribution in [1.82, 2.24) is 0 Å². The highest BCUT2D eigenvalue weighted by Gasteiger charge is 2.78. The smallest absolute Gasteiger partial charge is 0.448 e. The molecule has 122 valence electrons. The summed E-state index contributed by atoms with van der Waals surface area (Å²) in [7, 11) is 0. The average Bonchev–Trinajstić information content (AvgIpc) is 2.54. The zero-order chi connectivity index (χ0) is 16.6. The van der Waals surface area contributed by atoms with Crippen LogP contribution in [-0.4, -0.2) is 40.6 Å². The Morgan fingerprint density at radius 1 is 1.29 bits per heavy atom. The predicted molar refractivity (Wildman–Crippen MR) is 58.2 cm³/mol. The first kappa shape index (κ1) is 17.9. The Labute approximate surface area is 119 Å². The number of halogens is 6. The maximum Gasteiger partial charge on any atom is 0.448 e. The lowest BCUT2D eigenvalue weighted by molar-refractivity contribution is -0.327. The molecule has 1 aliphatic heterocycles. The SMILES string of the molecule is CC(C)OC(=O)CC1SC(C(F)(F)F)(C(F)(F)F)OC1=O. The molecule has 1 fully saturated rings. The number of hydrogen-bond donors (Lipinski definition) is 0. The van der Waals surface area contributed by atoms with Crippen LogP contribution in [0.5, 0.6) is 0 Å². The second-order valence-corrected chi connectivity index (χ2v) is 5.76. The van der Waals surface area contributed by atoms with Crippen LogP contribution in [0.2, 0.25) is 0 Å². The van der Waals surface area contributed by atoms with Gasteiger partial charge in [-0.1, -0.05) is 11.8 Å². The number of cyclic esters (lactones) is 1. The molecule has 21 heavy (non-hydrogen) atoms. The van der Waals surface area contributed by atoms with Gasteiger partial charge in [-0.2, -0.15) is 26.3 Å². The maximum absolute atomic E-state index is 12.7. The fraction of sp³-hybridized carbons (Fsp3) is 0.800. The molecule has 1 rings (SSSR count). The zero-order valence-corrected chi connectivity index (χ0v) is 11.5. The Hall–Kier alpha value is -1.13. The van der Waals surface area contributed by atoms with Gasteiger partial charge in [0.2, 0.25) is 0 Å². The van der Waals surface area contributed by atoms with E-state index in [1.165, 1.54) is 13.8 Å². The number of esters is 2. The van der Waals surface area contributed by atoms with Gasteiger partial charge < -0.3 is 9.47 Å². The summed E-state index contributed by atoms with van der Waals surface area (Å²) in [6.45, 7) is 2.88. The van der Waals surface area contributed by atoms with E-state index in [0.29, 0.717) is 0 Å². The topological polar surface area (TPSA) is 52.6 Å². The Kier molecular flexibility index (Phi) is 4.76. The van der Waals surface area contributed by atoms with E-state index in [2.05, 4.69) is 9.47 Å². The van der Waals surface area contributed by atoms with E-state index in [-0.39, 0.29) is 0 Å². The van der Waals surface area contributed by atoms with Crippen LogP contribution in [-0.2, 0) is 19.1 Å². The third-order valence-corrected chi connectivity index (χ3v) is 3.80. The van der Waals surface area contributed by atoms with Crippen molar-refractivity contribution < 1.29 is 45.4 Å². The van der Waals surface area contributed by atoms with Gasteiger partial charge in [0.15, 0.2) is 0 Å². The molecule has 0 N–H and O–H groups in total. The van der Waals surface area contributed by atoms with E-state index in [4.69, 9.17) is 0 Å². The molecule has 1 atom stereocenters. The lowest BCUT2D eigenvalue weighted by atomic mass is 10.3. The van der Waals surface area contributed by atoms with Crippen molar-refractivity contribution in [1.29, 1.82) is 0 Å². The highest BCUT2D eigenvalue weighted by atomic mass is 32.2. The molecule has 1 saturated heterocycles. The summed E-state index contributed by atoms with van der Waals surface area (Å²) >= 11 is -0.787. The van der Waals surface area contributed by atoms with Gasteiger partial charge in [-0.3, -0.25) is 9.59 Å². The van der Waals surface area contributed by atoms with Gasteiger partial charge in [0.05, 0.1) is 12.5 Å². The number of carbonyl (C=O) groups excluding carboxylic acids is 2. The minimum absolute atomic E-state index is 0.616. The first-order chi connectivity index (χ1) is 9.30. The van der Waals surface area contributed by atoms with Crippen molar-refractivity contribution in [3.8, 4) is 0 Å². The van der Waals surface area contributed by atoms with Crippen LogP contribution in [0.3, 0.4) is 0 Å². The molecule has 0 aromatic heterocycles. The van der Waals surface area contributed by atoms with Gasteiger partial charge in [0, 0.05) is 0 Å². The van der Waals surface area contributed by atoms with E-state index in [9.17, 15) is 35.9 Å². The highest BCUT2D eigenvalue weighted by Crippen LogP contribution is 2.58. The van der Waals surface area contributed by atoms with Crippen LogP contribution < -0.4 is 0 Å². The normalized spacial score (nSPS) is 22.3. The number of hydrogen-bond acceptors (Lipinski definition) is 5. The van der Waals surface area contributed by atoms with Crippen LogP contribution in [0, 0.1) is 0 Å². The number of carbonyl (C=O) groups is 2. The largest absolute Gasteiger partial charge is 0.463 e. The number of ether oxygens (including phenoxy) is 2. The van der Waals surface area contributed by atoms with Crippen LogP contribution in [0.4, 0.5) is 26.3 Å². The van der Waals surface area contributed by atoms with Gasteiger partial charge in [0.1, 0.15) is 5.25 Å². The molecule has 1 aliphatic rings. The molecule has 0 aromatic rings. The molecule has 11 heteroatoms. The molecule has 0 spiro atoms. The predicted octanol–water partition coefficient (Wildman–Crippen LogP) is 2.81. The molecule has 0 saturated carbocycles. The highest BCUT2D eigenvalue weighted by molar-refractivity contribution is 8.02. The van der Waals surface area contributed by atoms with Crippen LogP contribution in [0.1, 0.15) is 20.3 Å². The van der Waals surface area contributed by atoms with Gasteiger partial charge in [-0.15, -0.1) is 0 Å². The zero-order valence-electron chi connectivity index (χ0n) is 10.7. The number of alkyl halides is 6. The van der Waals surface area contributed by atoms with Crippen LogP contribution in [0.15, 0.2) is 0 Å². The quantitative estimate of drug-likeness (QED) is 0.584. The summed E-state index contributed by atoms with van der Waals surface area (Å²) in [6.07, 6.45) is -13.3. The van der Waals surface area contributed by atoms with E-state index in [1.807, 2.05) is 0 Å². The molecule has 1 unspecified atom stereocenters. The molecule has 1 heterocycles. The summed E-state index contributed by atoms with van der Waals surface area (Å²) in [4.78, 5) is 17.9. The summed E-state index contributed by atoms with van der Waals surface area (Å²) < 4.78 is 84.2. The van der Waals surface area contributed by atoms with E-state index in [1.54, 1.807) is 0 Å². The fourth-order valence-electron chi connectivity index (χ4n) is 1.48. The van der Waals surface area contributed by atoms with E-state index < -0.39 is 58.8 Å². The second-order valence-electron chi connectivity index (χ2n) is 4.38. The lowest BCUT2D eigenvalue weighted by Crippen LogP contribution is -2.54. The summed E-state index contributed by atoms with van der Waals surface area (Å²) in [5.74, 6) is -2.84. The first-order valence-electron chi connectivity index (χ1n) is 5.54. The molecule has 0 aromatic carbocycles. The second kappa shape index (κ2) is 5.58. The average molecular weight is 340 g/mol. The lowest BCUT2D eigenvalue weighted by Gasteiger charge is -2.30. The molecular formula is C10H10F6O4S. The van der Waals surface area contributed by atoms with Crippen molar-refractivity contribution in [2.75, 3.05) is 0 Å². The van der Waals surface area contributed by atoms with Gasteiger partial charge in [-0.05, 0) is 13.8 Å². The molecule has 0 aliphatic carbocycles. The fourth-order valence-corrected chi connectivity index (χ4v) is 2.64. The van der Waals surface area contributed by atoms with Crippen molar-refractivity contribution in [3.05, 3.63) is 0 Å². The minimum Gasteiger partial charge on any atom is -0.463 e. The van der Waals surface area contributed by atoms with E-state index >= 15 is 0 Å². The van der Waals surface area contributed by atoms with Crippen LogP contribution >= 0.6 is 11.8 Å². The summed E-state index contributed by atoms with van der Waals surface area (Å²) in [6, 6.07) is 0. The van der Waals surface area contributed by atoms with E-state index in [0.717, 1.165) is 0 Å². The third-order valence-electron chi connectivity index (χ3n) is 2.28. The van der Waals surface area contributed by atoms with Crippen molar-refractivity contribution >= 4 is 23.7 Å². The van der Waals surface area contributed by atoms with Gasteiger partial charge >= 0.3 is 29.2 Å². The first-order valence-corrected chi connectivity index (χ1v) is 6.41. The van der Waals surface area contributed by atoms with Gasteiger partial charge in [0.25, 0.3) is 0 Å². The minimum atomic E-state index is -5.86. The Morgan fingerprint density at radius 3 is 2.10 bits per heavy atom. The maximum atomic E-state index is 12.7. The summed E-state index contributed by atoms with van der Waals surface area (Å²) in [5.41, 5.74) is 0. The molecular weight excluding hydrogens is 330 g/mol. The van der Waals surface area contributed by atoms with Crippen molar-refractivity contribution in [2.24, 2.45) is 0 Å². The monoisotopic (exact) mass is 340 g/mol. The van der Waals surface area contributed by atoms with Crippen LogP contribution in [0.25, 0.3) is 0 Å². The third kappa shape index (κ3) is 3.55. The number of thioether (sulfide) groups is 1. The van der Waals surface area contributed by atoms with Gasteiger partial charge in [-0.25, -0.2) is 0 Å². The molecule has 0 radical (unpaired) electrons. The molecule has 0 amide bonds.